The van der Waals surface area contributed by atoms with Gasteiger partial charge in [0.2, 0.25) is 0 Å². The molecule has 7 heteroatoms. The average Bonchev–Trinajstić information content (AvgIpc) is 3.39. The Morgan fingerprint density at radius 3 is 1.90 bits per heavy atom. The van der Waals surface area contributed by atoms with Crippen LogP contribution in [0.25, 0.3) is 27.1 Å². The van der Waals surface area contributed by atoms with Crippen molar-refractivity contribution in [1.29, 1.82) is 0 Å². The lowest BCUT2D eigenvalue weighted by Crippen LogP contribution is -2.58. The van der Waals surface area contributed by atoms with E-state index in [-0.39, 0.29) is 0 Å². The monoisotopic (exact) mass is 666 g/mol. The molecule has 4 aromatic rings. The first-order chi connectivity index (χ1) is 22.8. The van der Waals surface area contributed by atoms with Crippen molar-refractivity contribution < 1.29 is 28.9 Å². The van der Waals surface area contributed by atoms with Crippen LogP contribution in [0.2, 0.25) is 0 Å². The Balaban J connectivity index is 0.000000840. The van der Waals surface area contributed by atoms with E-state index in [9.17, 15) is 0 Å². The Labute approximate surface area is 287 Å². The molecule has 6 nitrogen and oxygen atoms in total. The smallest absolute Gasteiger partial charge is 0.145 e. The number of hydrogen-bond acceptors (Lipinski definition) is 4. The summed E-state index contributed by atoms with van der Waals surface area (Å²) in [6, 6.07) is 26.9. The molecule has 2 heterocycles. The van der Waals surface area contributed by atoms with E-state index in [1.807, 2.05) is 0 Å². The summed E-state index contributed by atoms with van der Waals surface area (Å²) in [6.45, 7) is 4.59. The van der Waals surface area contributed by atoms with Gasteiger partial charge < -0.3 is 0 Å². The molecule has 2 aliphatic rings. The summed E-state index contributed by atoms with van der Waals surface area (Å²) in [5.41, 5.74) is 10.1. The van der Waals surface area contributed by atoms with Gasteiger partial charge in [-0.1, -0.05) is 106 Å². The first kappa shape index (κ1) is 35.5. The van der Waals surface area contributed by atoms with E-state index < -0.39 is 10.2 Å². The van der Waals surface area contributed by atoms with Gasteiger partial charge in [-0.25, -0.2) is 0 Å². The van der Waals surface area contributed by atoms with Crippen LogP contribution in [0, 0.1) is 10.2 Å². The van der Waals surface area contributed by atoms with Gasteiger partial charge in [0, 0.05) is 23.3 Å². The van der Waals surface area contributed by atoms with Crippen molar-refractivity contribution in [3.05, 3.63) is 138 Å². The fraction of sp³-hybridized carbons (Fsp3) is 0.268. The summed E-state index contributed by atoms with van der Waals surface area (Å²) in [4.78, 5) is 0. The van der Waals surface area contributed by atoms with Crippen molar-refractivity contribution in [2.45, 2.75) is 45.4 Å². The molecule has 6 rings (SSSR count). The Morgan fingerprint density at radius 1 is 0.688 bits per heavy atom. The lowest BCUT2D eigenvalue weighted by molar-refractivity contribution is -1.92. The lowest BCUT2D eigenvalue weighted by Gasteiger charge is -2.26. The first-order valence-corrected chi connectivity index (χ1v) is 17.9. The number of quaternary nitrogens is 2. The van der Waals surface area contributed by atoms with E-state index in [0.717, 1.165) is 21.8 Å². The molecule has 0 aliphatic carbocycles. The minimum absolute atomic E-state index is 0.443. The fourth-order valence-electron chi connectivity index (χ4n) is 7.62. The summed E-state index contributed by atoms with van der Waals surface area (Å²) in [5.74, 6) is 0.443. The molecule has 2 aliphatic heterocycles. The number of rotatable bonds is 8. The summed E-state index contributed by atoms with van der Waals surface area (Å²) >= 11 is 0. The van der Waals surface area contributed by atoms with Gasteiger partial charge in [-0.15, -0.1) is 0 Å². The largest absolute Gasteiger partial charge is 0.266 e. The summed E-state index contributed by atoms with van der Waals surface area (Å²) in [5, 5.41) is 5.43. The molecule has 0 fully saturated rings. The van der Waals surface area contributed by atoms with Gasteiger partial charge in [-0.05, 0) is 58.7 Å². The van der Waals surface area contributed by atoms with E-state index in [1.54, 1.807) is 0 Å². The quantitative estimate of drug-likeness (QED) is 0.168. The number of hydrogen-bond donors (Lipinski definition) is 1. The van der Waals surface area contributed by atoms with Gasteiger partial charge in [0.05, 0.1) is 54.6 Å². The second-order valence-corrected chi connectivity index (χ2v) is 14.2. The molecule has 0 radical (unpaired) electrons. The second kappa shape index (κ2) is 14.3. The maximum atomic E-state index is 8.60. The molecule has 4 aromatic carbocycles. The molecule has 0 amide bonds. The van der Waals surface area contributed by atoms with E-state index in [1.165, 1.54) is 73.9 Å². The zero-order chi connectivity index (χ0) is 34.7. The number of nitrogens with zero attached hydrogens (tertiary/aromatic N) is 2. The summed E-state index contributed by atoms with van der Waals surface area (Å²) in [7, 11) is 4.63. The molecule has 1 unspecified atom stereocenters. The third kappa shape index (κ3) is 7.12. The standard InChI is InChI=1S/C41H46N2.ClHO4/c1-7-18-34-36(42(3,4)38-28-26-30-20-14-16-22-32(30)40(34)38)24-12-10-9-11-13-25-37-35(19-8-2)41-33-23-17-15-21-31(33)27-29-39(41)43(37,5)6;2-1(3,4)5/h9-17,20-29,34H,7-8,18-19H2,1-6H3;(H,2,3,4,5)/q+2;. The summed E-state index contributed by atoms with van der Waals surface area (Å²) in [6.07, 6.45) is 20.2. The van der Waals surface area contributed by atoms with Crippen LogP contribution in [-0.4, -0.2) is 32.8 Å². The highest BCUT2D eigenvalue weighted by molar-refractivity contribution is 6.03. The van der Waals surface area contributed by atoms with Gasteiger partial charge in [0.15, 0.2) is 0 Å². The Kier molecular flexibility index (Phi) is 10.6. The Bertz CT molecular complexity index is 1950. The first-order valence-electron chi connectivity index (χ1n) is 16.6. The lowest BCUT2D eigenvalue weighted by atomic mass is 9.89. The minimum Gasteiger partial charge on any atom is -0.266 e. The molecule has 0 aromatic heterocycles. The third-order valence-electron chi connectivity index (χ3n) is 9.67. The number of likely N-dealkylation sites (N-methyl/N-ethyl adjacent to an activating group) is 2. The average molecular weight is 667 g/mol. The van der Waals surface area contributed by atoms with Crippen molar-refractivity contribution >= 4 is 38.5 Å². The SMILES string of the molecule is CCCC1=C(C=CC=CC=CC=C2C(CCC)c3c(ccc4ccccc34)[N+]2(C)C)[N+](C)(C)c2ccc3ccccc3c21.[O-][Cl+3]([O-])([O-])O. The molecule has 1 N–H and O–H groups in total. The van der Waals surface area contributed by atoms with Crippen LogP contribution in [0.15, 0.2) is 127 Å². The van der Waals surface area contributed by atoms with E-state index in [0.29, 0.717) is 5.92 Å². The normalized spacial score (nSPS) is 19.2. The molecule has 0 saturated carbocycles. The van der Waals surface area contributed by atoms with Crippen molar-refractivity contribution in [3.8, 4) is 0 Å². The zero-order valence-electron chi connectivity index (χ0n) is 28.8. The predicted octanol–water partition coefficient (Wildman–Crippen LogP) is 6.68. The molecule has 250 valence electrons. The van der Waals surface area contributed by atoms with Crippen molar-refractivity contribution in [2.75, 3.05) is 28.2 Å². The molecule has 48 heavy (non-hydrogen) atoms. The van der Waals surface area contributed by atoms with Gasteiger partial charge in [0.25, 0.3) is 0 Å². The highest BCUT2D eigenvalue weighted by Crippen LogP contribution is 2.52. The van der Waals surface area contributed by atoms with Gasteiger partial charge in [-0.2, -0.15) is 14.0 Å². The van der Waals surface area contributed by atoms with Crippen LogP contribution in [0.1, 0.15) is 56.6 Å². The number of fused-ring (bicyclic) bond motifs is 6. The van der Waals surface area contributed by atoms with Crippen LogP contribution < -0.4 is 22.9 Å². The molecule has 1 atom stereocenters. The van der Waals surface area contributed by atoms with Crippen LogP contribution >= 0.6 is 0 Å². The molecule has 0 saturated heterocycles. The minimum atomic E-state index is -4.69. The maximum Gasteiger partial charge on any atom is 0.145 e. The second-order valence-electron chi connectivity index (χ2n) is 13.4. The zero-order valence-corrected chi connectivity index (χ0v) is 29.6. The van der Waals surface area contributed by atoms with Crippen LogP contribution in [0.5, 0.6) is 0 Å². The summed E-state index contributed by atoms with van der Waals surface area (Å²) < 4.78 is 34.3. The van der Waals surface area contributed by atoms with Gasteiger partial charge in [-0.3, -0.25) is 8.97 Å². The third-order valence-corrected chi connectivity index (χ3v) is 9.67. The predicted molar refractivity (Wildman–Crippen MR) is 192 cm³/mol. The Morgan fingerprint density at radius 2 is 1.25 bits per heavy atom. The fourth-order valence-corrected chi connectivity index (χ4v) is 7.62. The van der Waals surface area contributed by atoms with Crippen molar-refractivity contribution in [3.63, 3.8) is 0 Å². The molecule has 0 bridgehead atoms. The van der Waals surface area contributed by atoms with Crippen molar-refractivity contribution in [2.24, 2.45) is 0 Å². The van der Waals surface area contributed by atoms with Crippen molar-refractivity contribution in [1.82, 2.24) is 8.97 Å². The number of halogens is 1. The molecular weight excluding hydrogens is 620 g/mol. The van der Waals surface area contributed by atoms with E-state index in [4.69, 9.17) is 18.6 Å². The molecule has 0 spiro atoms. The van der Waals surface area contributed by atoms with Crippen LogP contribution in [0.3, 0.4) is 0 Å². The van der Waals surface area contributed by atoms with Gasteiger partial charge >= 0.3 is 0 Å². The molecular formula is C41H47ClN2O4+2. The van der Waals surface area contributed by atoms with Crippen LogP contribution in [0.4, 0.5) is 11.4 Å². The van der Waals surface area contributed by atoms with E-state index in [2.05, 4.69) is 157 Å². The highest BCUT2D eigenvalue weighted by atomic mass is 35.7. The highest BCUT2D eigenvalue weighted by Gasteiger charge is 2.44. The Hall–Kier alpha value is -3.85. The maximum absolute atomic E-state index is 8.60. The number of benzene rings is 4. The number of allylic oxidation sites excluding steroid dienone is 9. The van der Waals surface area contributed by atoms with Crippen LogP contribution in [-0.2, 0) is 0 Å². The van der Waals surface area contributed by atoms with Gasteiger partial charge in [0.1, 0.15) is 22.8 Å². The van der Waals surface area contributed by atoms with E-state index >= 15 is 0 Å². The topological polar surface area (TPSA) is 89.4 Å².